The minimum atomic E-state index is -0.975. The first-order valence-corrected chi connectivity index (χ1v) is 10.6. The normalized spacial score (nSPS) is 11.1. The predicted molar refractivity (Wildman–Crippen MR) is 124 cm³/mol. The topological polar surface area (TPSA) is 84.2 Å². The van der Waals surface area contributed by atoms with Crippen molar-refractivity contribution >= 4 is 22.8 Å². The molecule has 2 N–H and O–H groups in total. The summed E-state index contributed by atoms with van der Waals surface area (Å²) >= 11 is 0. The average Bonchev–Trinajstić information content (AvgIpc) is 3.16. The van der Waals surface area contributed by atoms with Gasteiger partial charge in [0, 0.05) is 11.9 Å². The third-order valence-electron chi connectivity index (χ3n) is 5.49. The van der Waals surface area contributed by atoms with Crippen LogP contribution in [0, 0.1) is 0 Å². The van der Waals surface area contributed by atoms with Crippen LogP contribution < -0.4 is 5.32 Å². The Hall–Kier alpha value is -3.93. The molecule has 0 atom stereocenters. The van der Waals surface area contributed by atoms with Crippen LogP contribution in [0.4, 0.5) is 0 Å². The molecule has 0 aliphatic heterocycles. The van der Waals surface area contributed by atoms with E-state index in [0.717, 1.165) is 22.0 Å². The molecule has 0 aliphatic rings. The lowest BCUT2D eigenvalue weighted by molar-refractivity contribution is 0.0696. The Kier molecular flexibility index (Phi) is 6.03. The Morgan fingerprint density at radius 1 is 0.938 bits per heavy atom. The van der Waals surface area contributed by atoms with Crippen LogP contribution in [0.15, 0.2) is 72.8 Å². The molecule has 0 fully saturated rings. The number of amides is 1. The summed E-state index contributed by atoms with van der Waals surface area (Å²) in [5.74, 6) is -0.737. The third kappa shape index (κ3) is 4.54. The van der Waals surface area contributed by atoms with Gasteiger partial charge in [0.25, 0.3) is 5.91 Å². The van der Waals surface area contributed by atoms with E-state index in [1.54, 1.807) is 16.8 Å². The highest BCUT2D eigenvalue weighted by Crippen LogP contribution is 2.21. The van der Waals surface area contributed by atoms with Crippen LogP contribution >= 0.6 is 0 Å². The first-order chi connectivity index (χ1) is 15.4. The van der Waals surface area contributed by atoms with Crippen LogP contribution in [0.25, 0.3) is 10.9 Å². The standard InChI is InChI=1S/C26H25N3O3/c1-17(2)20-11-9-19(10-12-20)16-29-24(22-5-3-4-6-23(22)28-29)25(30)27-15-18-7-13-21(14-8-18)26(31)32/h3-14,17H,15-16H2,1-2H3,(H,27,30)(H,31,32). The number of aromatic nitrogens is 2. The Morgan fingerprint density at radius 3 is 2.25 bits per heavy atom. The van der Waals surface area contributed by atoms with E-state index in [4.69, 9.17) is 5.11 Å². The highest BCUT2D eigenvalue weighted by molar-refractivity contribution is 6.05. The summed E-state index contributed by atoms with van der Waals surface area (Å²) in [6, 6.07) is 22.5. The van der Waals surface area contributed by atoms with E-state index in [1.165, 1.54) is 17.7 Å². The van der Waals surface area contributed by atoms with Gasteiger partial charge in [0.05, 0.1) is 17.6 Å². The van der Waals surface area contributed by atoms with Crippen molar-refractivity contribution in [3.8, 4) is 0 Å². The molecule has 0 unspecified atom stereocenters. The molecule has 6 nitrogen and oxygen atoms in total. The van der Waals surface area contributed by atoms with Crippen molar-refractivity contribution in [2.75, 3.05) is 0 Å². The van der Waals surface area contributed by atoms with Gasteiger partial charge in [0.15, 0.2) is 0 Å². The maximum atomic E-state index is 13.2. The fourth-order valence-electron chi connectivity index (χ4n) is 3.65. The van der Waals surface area contributed by atoms with Gasteiger partial charge >= 0.3 is 5.97 Å². The number of benzene rings is 3. The van der Waals surface area contributed by atoms with E-state index in [-0.39, 0.29) is 11.5 Å². The van der Waals surface area contributed by atoms with Crippen molar-refractivity contribution in [3.05, 3.63) is 101 Å². The van der Waals surface area contributed by atoms with Gasteiger partial charge in [0.1, 0.15) is 5.69 Å². The third-order valence-corrected chi connectivity index (χ3v) is 5.49. The van der Waals surface area contributed by atoms with E-state index >= 15 is 0 Å². The van der Waals surface area contributed by atoms with Crippen LogP contribution in [0.3, 0.4) is 0 Å². The molecule has 32 heavy (non-hydrogen) atoms. The highest BCUT2D eigenvalue weighted by atomic mass is 16.4. The summed E-state index contributed by atoms with van der Waals surface area (Å²) in [5, 5.41) is 17.4. The van der Waals surface area contributed by atoms with Gasteiger partial charge < -0.3 is 10.4 Å². The Bertz CT molecular complexity index is 1260. The maximum absolute atomic E-state index is 13.2. The summed E-state index contributed by atoms with van der Waals surface area (Å²) in [4.78, 5) is 24.2. The molecule has 0 radical (unpaired) electrons. The van der Waals surface area contributed by atoms with E-state index in [1.807, 2.05) is 24.3 Å². The first kappa shape index (κ1) is 21.3. The van der Waals surface area contributed by atoms with Gasteiger partial charge in [0.2, 0.25) is 0 Å². The number of carbonyl (C=O) groups excluding carboxylic acids is 1. The number of carboxylic acid groups (broad SMARTS) is 1. The van der Waals surface area contributed by atoms with Crippen LogP contribution in [-0.2, 0) is 13.1 Å². The van der Waals surface area contributed by atoms with Gasteiger partial charge in [-0.25, -0.2) is 4.79 Å². The lowest BCUT2D eigenvalue weighted by atomic mass is 10.0. The second-order valence-corrected chi connectivity index (χ2v) is 8.10. The molecule has 1 heterocycles. The van der Waals surface area contributed by atoms with Gasteiger partial charge in [-0.3, -0.25) is 9.48 Å². The number of nitrogens with zero attached hydrogens (tertiary/aromatic N) is 2. The highest BCUT2D eigenvalue weighted by Gasteiger charge is 2.18. The number of hydrogen-bond donors (Lipinski definition) is 2. The number of aromatic carboxylic acids is 1. The van der Waals surface area contributed by atoms with Crippen molar-refractivity contribution in [1.82, 2.24) is 15.1 Å². The van der Waals surface area contributed by atoms with Gasteiger partial charge in [-0.1, -0.05) is 68.4 Å². The minimum Gasteiger partial charge on any atom is -0.478 e. The number of fused-ring (bicyclic) bond motifs is 1. The molecule has 1 aromatic heterocycles. The summed E-state index contributed by atoms with van der Waals surface area (Å²) < 4.78 is 1.75. The van der Waals surface area contributed by atoms with Crippen molar-refractivity contribution in [1.29, 1.82) is 0 Å². The number of carbonyl (C=O) groups is 2. The predicted octanol–water partition coefficient (Wildman–Crippen LogP) is 4.84. The van der Waals surface area contributed by atoms with Crippen LogP contribution in [-0.4, -0.2) is 26.8 Å². The van der Waals surface area contributed by atoms with E-state index in [9.17, 15) is 9.59 Å². The summed E-state index contributed by atoms with van der Waals surface area (Å²) in [7, 11) is 0. The van der Waals surface area contributed by atoms with Crippen LogP contribution in [0.5, 0.6) is 0 Å². The lowest BCUT2D eigenvalue weighted by Gasteiger charge is -2.11. The Balaban J connectivity index is 1.57. The van der Waals surface area contributed by atoms with Crippen molar-refractivity contribution in [2.24, 2.45) is 0 Å². The Labute approximate surface area is 186 Å². The number of nitrogens with one attached hydrogen (secondary N) is 1. The van der Waals surface area contributed by atoms with Crippen molar-refractivity contribution in [2.45, 2.75) is 32.9 Å². The average molecular weight is 428 g/mol. The number of hydrogen-bond acceptors (Lipinski definition) is 3. The van der Waals surface area contributed by atoms with Crippen molar-refractivity contribution < 1.29 is 14.7 Å². The second-order valence-electron chi connectivity index (χ2n) is 8.10. The summed E-state index contributed by atoms with van der Waals surface area (Å²) in [6.45, 7) is 5.10. The zero-order valence-corrected chi connectivity index (χ0v) is 18.1. The molecule has 4 rings (SSSR count). The fraction of sp³-hybridized carbons (Fsp3) is 0.192. The number of carboxylic acids is 1. The maximum Gasteiger partial charge on any atom is 0.335 e. The molecule has 0 bridgehead atoms. The molecular formula is C26H25N3O3. The molecular weight excluding hydrogens is 402 g/mol. The zero-order chi connectivity index (χ0) is 22.7. The summed E-state index contributed by atoms with van der Waals surface area (Å²) in [6.07, 6.45) is 0. The second kappa shape index (κ2) is 9.06. The molecule has 0 saturated carbocycles. The smallest absolute Gasteiger partial charge is 0.335 e. The van der Waals surface area contributed by atoms with E-state index in [0.29, 0.717) is 24.7 Å². The monoisotopic (exact) mass is 427 g/mol. The molecule has 0 aliphatic carbocycles. The van der Waals surface area contributed by atoms with Crippen LogP contribution in [0.1, 0.15) is 57.3 Å². The van der Waals surface area contributed by atoms with Gasteiger partial charge in [-0.05, 0) is 40.8 Å². The first-order valence-electron chi connectivity index (χ1n) is 10.6. The van der Waals surface area contributed by atoms with E-state index < -0.39 is 5.97 Å². The molecule has 0 spiro atoms. The van der Waals surface area contributed by atoms with Crippen molar-refractivity contribution in [3.63, 3.8) is 0 Å². The quantitative estimate of drug-likeness (QED) is 0.442. The molecule has 1 amide bonds. The SMILES string of the molecule is CC(C)c1ccc(Cn2nc3ccccc3c2C(=O)NCc2ccc(C(=O)O)cc2)cc1. The molecule has 4 aromatic rings. The fourth-order valence-corrected chi connectivity index (χ4v) is 3.65. The summed E-state index contributed by atoms with van der Waals surface area (Å²) in [5.41, 5.74) is 4.65. The van der Waals surface area contributed by atoms with Crippen LogP contribution in [0.2, 0.25) is 0 Å². The molecule has 3 aromatic carbocycles. The molecule has 6 heteroatoms. The lowest BCUT2D eigenvalue weighted by Crippen LogP contribution is -2.26. The van der Waals surface area contributed by atoms with E-state index in [2.05, 4.69) is 48.5 Å². The zero-order valence-electron chi connectivity index (χ0n) is 18.1. The van der Waals surface area contributed by atoms with Gasteiger partial charge in [-0.15, -0.1) is 0 Å². The largest absolute Gasteiger partial charge is 0.478 e. The molecule has 0 saturated heterocycles. The Morgan fingerprint density at radius 2 is 1.59 bits per heavy atom. The molecule has 162 valence electrons. The number of rotatable bonds is 7. The minimum absolute atomic E-state index is 0.215. The van der Waals surface area contributed by atoms with Gasteiger partial charge in [-0.2, -0.15) is 5.10 Å².